The number of hydrogen-bond acceptors (Lipinski definition) is 5. The van der Waals surface area contributed by atoms with Crippen molar-refractivity contribution >= 4 is 35.8 Å². The number of aliphatic imine (C=N–C) groups is 1. The predicted octanol–water partition coefficient (Wildman–Crippen LogP) is 1.14. The maximum absolute atomic E-state index is 12.0. The summed E-state index contributed by atoms with van der Waals surface area (Å²) in [5.74, 6) is 0.665. The van der Waals surface area contributed by atoms with E-state index < -0.39 is 0 Å². The fourth-order valence-electron chi connectivity index (χ4n) is 3.83. The SMILES string of the molecule is CN(C)C(=O)CN=C(NCC1CCCCO1)NC1CCOC2(CCOC2)C1.I. The minimum Gasteiger partial charge on any atom is -0.378 e. The fraction of sp³-hybridized carbons (Fsp3) is 0.895. The van der Waals surface area contributed by atoms with Gasteiger partial charge in [-0.2, -0.15) is 0 Å². The molecule has 0 bridgehead atoms. The van der Waals surface area contributed by atoms with E-state index in [-0.39, 0.29) is 54.2 Å². The molecule has 3 rings (SSSR count). The van der Waals surface area contributed by atoms with Crippen molar-refractivity contribution in [1.82, 2.24) is 15.5 Å². The van der Waals surface area contributed by atoms with Gasteiger partial charge in [0.2, 0.25) is 5.91 Å². The number of nitrogens with one attached hydrogen (secondary N) is 2. The number of carbonyl (C=O) groups excluding carboxylic acids is 1. The van der Waals surface area contributed by atoms with Gasteiger partial charge in [-0.3, -0.25) is 4.79 Å². The van der Waals surface area contributed by atoms with Gasteiger partial charge in [0.25, 0.3) is 0 Å². The highest BCUT2D eigenvalue weighted by Crippen LogP contribution is 2.32. The van der Waals surface area contributed by atoms with E-state index in [9.17, 15) is 4.79 Å². The molecule has 9 heteroatoms. The lowest BCUT2D eigenvalue weighted by Crippen LogP contribution is -2.53. The number of halogens is 1. The predicted molar refractivity (Wildman–Crippen MR) is 118 cm³/mol. The van der Waals surface area contributed by atoms with Crippen molar-refractivity contribution in [1.29, 1.82) is 0 Å². The molecule has 3 atom stereocenters. The van der Waals surface area contributed by atoms with Gasteiger partial charge in [0.1, 0.15) is 6.54 Å². The van der Waals surface area contributed by atoms with Gasteiger partial charge in [0.15, 0.2) is 5.96 Å². The first kappa shape index (κ1) is 23.6. The normalized spacial score (nSPS) is 30.6. The summed E-state index contributed by atoms with van der Waals surface area (Å²) in [7, 11) is 3.49. The summed E-state index contributed by atoms with van der Waals surface area (Å²) >= 11 is 0. The summed E-state index contributed by atoms with van der Waals surface area (Å²) in [5.41, 5.74) is -0.160. The van der Waals surface area contributed by atoms with Crippen molar-refractivity contribution in [2.45, 2.75) is 56.3 Å². The Balaban J connectivity index is 0.00000280. The lowest BCUT2D eigenvalue weighted by Gasteiger charge is -2.38. The molecule has 1 spiro atoms. The number of carbonyl (C=O) groups is 1. The Hall–Kier alpha value is -0.650. The lowest BCUT2D eigenvalue weighted by molar-refractivity contribution is -0.127. The zero-order valence-corrected chi connectivity index (χ0v) is 19.4. The van der Waals surface area contributed by atoms with Gasteiger partial charge in [-0.25, -0.2) is 4.99 Å². The average molecular weight is 510 g/mol. The molecule has 8 nitrogen and oxygen atoms in total. The molecule has 0 aliphatic carbocycles. The fourth-order valence-corrected chi connectivity index (χ4v) is 3.83. The van der Waals surface area contributed by atoms with Crippen LogP contribution in [0, 0.1) is 0 Å². The Bertz CT molecular complexity index is 520. The topological polar surface area (TPSA) is 84.4 Å². The van der Waals surface area contributed by atoms with Crippen molar-refractivity contribution in [3.05, 3.63) is 0 Å². The van der Waals surface area contributed by atoms with E-state index in [1.54, 1.807) is 19.0 Å². The monoisotopic (exact) mass is 510 g/mol. The third-order valence-electron chi connectivity index (χ3n) is 5.54. The molecule has 3 fully saturated rings. The zero-order chi connectivity index (χ0) is 19.1. The van der Waals surface area contributed by atoms with Crippen molar-refractivity contribution < 1.29 is 19.0 Å². The number of likely N-dealkylation sites (N-methyl/N-ethyl adjacent to an activating group) is 1. The van der Waals surface area contributed by atoms with Crippen molar-refractivity contribution in [2.75, 3.05) is 53.6 Å². The molecule has 3 unspecified atom stereocenters. The maximum atomic E-state index is 12.0. The first-order valence-electron chi connectivity index (χ1n) is 10.1. The van der Waals surface area contributed by atoms with Gasteiger partial charge in [0.05, 0.1) is 18.3 Å². The van der Waals surface area contributed by atoms with Gasteiger partial charge in [-0.05, 0) is 32.1 Å². The minimum atomic E-state index is -0.160. The molecule has 3 heterocycles. The summed E-state index contributed by atoms with van der Waals surface area (Å²) in [5, 5.41) is 6.90. The summed E-state index contributed by atoms with van der Waals surface area (Å²) in [6.45, 7) is 3.82. The molecule has 162 valence electrons. The van der Waals surface area contributed by atoms with Gasteiger partial charge in [-0.1, -0.05) is 0 Å². The molecule has 1 amide bonds. The molecule has 0 aromatic rings. The van der Waals surface area contributed by atoms with Crippen molar-refractivity contribution in [3.8, 4) is 0 Å². The van der Waals surface area contributed by atoms with Crippen LogP contribution in [0.5, 0.6) is 0 Å². The van der Waals surface area contributed by atoms with E-state index in [0.29, 0.717) is 19.1 Å². The third kappa shape index (κ3) is 7.00. The van der Waals surface area contributed by atoms with Crippen molar-refractivity contribution in [3.63, 3.8) is 0 Å². The molecule has 0 aromatic carbocycles. The number of rotatable bonds is 5. The number of hydrogen-bond donors (Lipinski definition) is 2. The van der Waals surface area contributed by atoms with Gasteiger partial charge in [-0.15, -0.1) is 24.0 Å². The highest BCUT2D eigenvalue weighted by atomic mass is 127. The molecule has 3 aliphatic heterocycles. The summed E-state index contributed by atoms with van der Waals surface area (Å²) in [6.07, 6.45) is 6.38. The molecule has 3 aliphatic rings. The van der Waals surface area contributed by atoms with Crippen LogP contribution < -0.4 is 10.6 Å². The van der Waals surface area contributed by atoms with E-state index in [4.69, 9.17) is 14.2 Å². The Kier molecular flexibility index (Phi) is 9.72. The van der Waals surface area contributed by atoms with Crippen LogP contribution in [-0.2, 0) is 19.0 Å². The third-order valence-corrected chi connectivity index (χ3v) is 5.54. The Morgan fingerprint density at radius 1 is 1.21 bits per heavy atom. The first-order chi connectivity index (χ1) is 13.1. The summed E-state index contributed by atoms with van der Waals surface area (Å²) < 4.78 is 17.4. The van der Waals surface area contributed by atoms with E-state index in [1.807, 2.05) is 0 Å². The maximum Gasteiger partial charge on any atom is 0.243 e. The van der Waals surface area contributed by atoms with E-state index >= 15 is 0 Å². The van der Waals surface area contributed by atoms with Crippen LogP contribution >= 0.6 is 24.0 Å². The molecular formula is C19H35IN4O4. The number of nitrogens with zero attached hydrogens (tertiary/aromatic N) is 2. The smallest absolute Gasteiger partial charge is 0.243 e. The zero-order valence-electron chi connectivity index (χ0n) is 17.1. The Morgan fingerprint density at radius 3 is 2.75 bits per heavy atom. The van der Waals surface area contributed by atoms with E-state index in [2.05, 4.69) is 15.6 Å². The Morgan fingerprint density at radius 2 is 2.07 bits per heavy atom. The van der Waals surface area contributed by atoms with Crippen LogP contribution in [0.2, 0.25) is 0 Å². The van der Waals surface area contributed by atoms with Gasteiger partial charge in [0, 0.05) is 52.9 Å². The highest BCUT2D eigenvalue weighted by Gasteiger charge is 2.41. The molecule has 28 heavy (non-hydrogen) atoms. The highest BCUT2D eigenvalue weighted by molar-refractivity contribution is 14.0. The van der Waals surface area contributed by atoms with Crippen LogP contribution in [-0.4, -0.2) is 88.1 Å². The first-order valence-corrected chi connectivity index (χ1v) is 10.1. The summed E-state index contributed by atoms with van der Waals surface area (Å²) in [4.78, 5) is 18.0. The lowest BCUT2D eigenvalue weighted by atomic mass is 9.90. The van der Waals surface area contributed by atoms with Crippen LogP contribution in [0.3, 0.4) is 0 Å². The molecule has 2 N–H and O–H groups in total. The number of guanidine groups is 1. The molecule has 0 radical (unpaired) electrons. The number of amides is 1. The molecule has 3 saturated heterocycles. The van der Waals surface area contributed by atoms with Gasteiger partial charge < -0.3 is 29.7 Å². The standard InChI is InChI=1S/C19H34N4O4.HI/c1-23(2)17(24)13-21-18(20-12-16-5-3-4-8-26-16)22-15-6-9-27-19(11-15)7-10-25-14-19;/h15-16H,3-14H2,1-2H3,(H2,20,21,22);1H. The molecule has 0 saturated carbocycles. The van der Waals surface area contributed by atoms with Crippen LogP contribution in [0.4, 0.5) is 0 Å². The van der Waals surface area contributed by atoms with Crippen molar-refractivity contribution in [2.24, 2.45) is 4.99 Å². The summed E-state index contributed by atoms with van der Waals surface area (Å²) in [6, 6.07) is 0.258. The Labute approximate surface area is 185 Å². The average Bonchev–Trinajstić information content (AvgIpc) is 3.11. The largest absolute Gasteiger partial charge is 0.378 e. The molecule has 0 aromatic heterocycles. The van der Waals surface area contributed by atoms with Gasteiger partial charge >= 0.3 is 0 Å². The van der Waals surface area contributed by atoms with E-state index in [1.165, 1.54) is 6.42 Å². The van der Waals surface area contributed by atoms with E-state index in [0.717, 1.165) is 51.9 Å². The second kappa shape index (κ2) is 11.5. The quantitative estimate of drug-likeness (QED) is 0.328. The molecular weight excluding hydrogens is 475 g/mol. The van der Waals surface area contributed by atoms with Crippen LogP contribution in [0.15, 0.2) is 4.99 Å². The van der Waals surface area contributed by atoms with Crippen LogP contribution in [0.1, 0.15) is 38.5 Å². The van der Waals surface area contributed by atoms with Crippen LogP contribution in [0.25, 0.3) is 0 Å². The second-order valence-electron chi connectivity index (χ2n) is 7.99. The number of ether oxygens (including phenoxy) is 3. The second-order valence-corrected chi connectivity index (χ2v) is 7.99. The minimum absolute atomic E-state index is 0.